The first kappa shape index (κ1) is 16.4. The first-order valence-electron chi connectivity index (χ1n) is 7.43. The maximum absolute atomic E-state index is 12.3. The van der Waals surface area contributed by atoms with E-state index in [4.69, 9.17) is 0 Å². The fraction of sp³-hybridized carbons (Fsp3) is 0.267. The van der Waals surface area contributed by atoms with Gasteiger partial charge in [0, 0.05) is 32.1 Å². The Morgan fingerprint density at radius 2 is 1.96 bits per heavy atom. The molecule has 0 fully saturated rings. The largest absolute Gasteiger partial charge is 0.477 e. The summed E-state index contributed by atoms with van der Waals surface area (Å²) in [4.78, 5) is 23.5. The van der Waals surface area contributed by atoms with Crippen molar-refractivity contribution in [3.8, 4) is 0 Å². The van der Waals surface area contributed by atoms with E-state index in [1.54, 1.807) is 15.6 Å². The molecule has 3 aromatic heterocycles. The van der Waals surface area contributed by atoms with Gasteiger partial charge in [0.2, 0.25) is 0 Å². The van der Waals surface area contributed by atoms with Crippen LogP contribution in [0.5, 0.6) is 0 Å². The van der Waals surface area contributed by atoms with E-state index in [1.165, 1.54) is 19.4 Å². The number of aromatic nitrogens is 6. The number of carbonyl (C=O) groups is 2. The van der Waals surface area contributed by atoms with E-state index in [1.807, 2.05) is 20.2 Å². The van der Waals surface area contributed by atoms with Gasteiger partial charge >= 0.3 is 5.97 Å². The first-order valence-corrected chi connectivity index (χ1v) is 7.43. The van der Waals surface area contributed by atoms with Crippen molar-refractivity contribution in [2.45, 2.75) is 13.5 Å². The van der Waals surface area contributed by atoms with Crippen LogP contribution in [-0.4, -0.2) is 46.3 Å². The molecule has 2 N–H and O–H groups in total. The van der Waals surface area contributed by atoms with Crippen molar-refractivity contribution < 1.29 is 14.7 Å². The highest BCUT2D eigenvalue weighted by Crippen LogP contribution is 2.13. The normalized spacial score (nSPS) is 10.8. The number of carbonyl (C=O) groups excluding carboxylic acids is 1. The fourth-order valence-electron chi connectivity index (χ4n) is 2.55. The zero-order chi connectivity index (χ0) is 18.1. The van der Waals surface area contributed by atoms with Gasteiger partial charge < -0.3 is 10.4 Å². The third kappa shape index (κ3) is 3.27. The van der Waals surface area contributed by atoms with Crippen LogP contribution in [0, 0.1) is 6.92 Å². The quantitative estimate of drug-likeness (QED) is 0.702. The summed E-state index contributed by atoms with van der Waals surface area (Å²) in [5.74, 6) is -1.77. The predicted molar refractivity (Wildman–Crippen MR) is 87.4 cm³/mol. The third-order valence-electron chi connectivity index (χ3n) is 3.72. The van der Waals surface area contributed by atoms with Crippen molar-refractivity contribution in [3.05, 3.63) is 47.3 Å². The van der Waals surface area contributed by atoms with Gasteiger partial charge in [0.25, 0.3) is 5.91 Å². The van der Waals surface area contributed by atoms with Gasteiger partial charge in [-0.1, -0.05) is 0 Å². The maximum Gasteiger partial charge on any atom is 0.354 e. The second-order valence-corrected chi connectivity index (χ2v) is 5.63. The molecule has 0 aromatic carbocycles. The molecule has 0 aliphatic carbocycles. The zero-order valence-corrected chi connectivity index (χ0v) is 14.0. The van der Waals surface area contributed by atoms with E-state index < -0.39 is 11.9 Å². The summed E-state index contributed by atoms with van der Waals surface area (Å²) in [7, 11) is 3.31. The van der Waals surface area contributed by atoms with Crippen LogP contribution in [0.15, 0.2) is 24.8 Å². The molecule has 10 heteroatoms. The van der Waals surface area contributed by atoms with Crippen LogP contribution in [0.3, 0.4) is 0 Å². The first-order chi connectivity index (χ1) is 11.8. The van der Waals surface area contributed by atoms with Gasteiger partial charge in [0.1, 0.15) is 0 Å². The van der Waals surface area contributed by atoms with E-state index in [0.29, 0.717) is 12.2 Å². The number of carboxylic acids is 1. The molecule has 3 aromatic rings. The summed E-state index contributed by atoms with van der Waals surface area (Å²) < 4.78 is 4.54. The zero-order valence-electron chi connectivity index (χ0n) is 14.0. The van der Waals surface area contributed by atoms with Crippen LogP contribution in [0.2, 0.25) is 0 Å². The highest BCUT2D eigenvalue weighted by atomic mass is 16.4. The average molecular weight is 343 g/mol. The Morgan fingerprint density at radius 1 is 1.20 bits per heavy atom. The van der Waals surface area contributed by atoms with E-state index in [2.05, 4.69) is 20.6 Å². The Balaban J connectivity index is 1.74. The lowest BCUT2D eigenvalue weighted by Crippen LogP contribution is -2.16. The van der Waals surface area contributed by atoms with Gasteiger partial charge in [-0.3, -0.25) is 18.8 Å². The summed E-state index contributed by atoms with van der Waals surface area (Å²) in [5, 5.41) is 24.1. The molecule has 25 heavy (non-hydrogen) atoms. The van der Waals surface area contributed by atoms with Crippen molar-refractivity contribution >= 4 is 17.6 Å². The molecule has 0 atom stereocenters. The van der Waals surface area contributed by atoms with Crippen molar-refractivity contribution in [1.29, 1.82) is 0 Å². The highest BCUT2D eigenvalue weighted by Gasteiger charge is 2.21. The number of aryl methyl sites for hydroxylation is 3. The summed E-state index contributed by atoms with van der Waals surface area (Å²) in [6.07, 6.45) is 6.30. The topological polar surface area (TPSA) is 120 Å². The number of amides is 1. The van der Waals surface area contributed by atoms with E-state index in [9.17, 15) is 14.7 Å². The van der Waals surface area contributed by atoms with Crippen LogP contribution in [-0.2, 0) is 20.6 Å². The Morgan fingerprint density at radius 3 is 2.60 bits per heavy atom. The standard InChI is InChI=1S/C15H17N7O3/c1-9-10(6-20(2)19-9)7-22-8-11(4-17-22)18-14(23)12-5-16-21(3)13(12)15(24)25/h4-6,8H,7H2,1-3H3,(H,18,23)(H,24,25). The van der Waals surface area contributed by atoms with E-state index in [-0.39, 0.29) is 11.3 Å². The van der Waals surface area contributed by atoms with Gasteiger partial charge in [0.05, 0.1) is 35.9 Å². The maximum atomic E-state index is 12.3. The van der Waals surface area contributed by atoms with Gasteiger partial charge in [-0.05, 0) is 6.92 Å². The summed E-state index contributed by atoms with van der Waals surface area (Å²) in [6, 6.07) is 0. The second-order valence-electron chi connectivity index (χ2n) is 5.63. The third-order valence-corrected chi connectivity index (χ3v) is 3.72. The Hall–Kier alpha value is -3.43. The molecule has 0 aliphatic heterocycles. The summed E-state index contributed by atoms with van der Waals surface area (Å²) in [6.45, 7) is 2.43. The smallest absolute Gasteiger partial charge is 0.354 e. The summed E-state index contributed by atoms with van der Waals surface area (Å²) >= 11 is 0. The highest BCUT2D eigenvalue weighted by molar-refractivity contribution is 6.09. The Bertz CT molecular complexity index is 950. The molecule has 1 amide bonds. The Labute approximate surface area is 142 Å². The molecule has 130 valence electrons. The number of aromatic carboxylic acids is 1. The molecule has 0 unspecified atom stereocenters. The molecule has 10 nitrogen and oxygen atoms in total. The molecule has 0 bridgehead atoms. The van der Waals surface area contributed by atoms with Crippen LogP contribution < -0.4 is 5.32 Å². The molecule has 3 rings (SSSR count). The van der Waals surface area contributed by atoms with Crippen LogP contribution in [0.1, 0.15) is 32.1 Å². The lowest BCUT2D eigenvalue weighted by atomic mass is 10.2. The molecule has 0 saturated carbocycles. The van der Waals surface area contributed by atoms with Crippen molar-refractivity contribution in [3.63, 3.8) is 0 Å². The molecule has 0 saturated heterocycles. The van der Waals surface area contributed by atoms with Gasteiger partial charge in [-0.15, -0.1) is 0 Å². The van der Waals surface area contributed by atoms with Gasteiger partial charge in [-0.25, -0.2) is 4.79 Å². The number of nitrogens with one attached hydrogen (secondary N) is 1. The van der Waals surface area contributed by atoms with Crippen molar-refractivity contribution in [2.24, 2.45) is 14.1 Å². The predicted octanol–water partition coefficient (Wildman–Crippen LogP) is 0.657. The molecule has 0 aliphatic rings. The molecule has 0 spiro atoms. The lowest BCUT2D eigenvalue weighted by molar-refractivity contribution is 0.0680. The molecular formula is C15H17N7O3. The molecule has 0 radical (unpaired) electrons. The summed E-state index contributed by atoms with van der Waals surface area (Å²) in [5.41, 5.74) is 2.21. The number of carboxylic acid groups (broad SMARTS) is 1. The molecular weight excluding hydrogens is 326 g/mol. The lowest BCUT2D eigenvalue weighted by Gasteiger charge is -2.02. The van der Waals surface area contributed by atoms with E-state index in [0.717, 1.165) is 15.9 Å². The minimum atomic E-state index is -1.21. The fourth-order valence-corrected chi connectivity index (χ4v) is 2.55. The average Bonchev–Trinajstić information content (AvgIpc) is 3.20. The number of rotatable bonds is 5. The number of anilines is 1. The monoisotopic (exact) mass is 343 g/mol. The minimum Gasteiger partial charge on any atom is -0.477 e. The minimum absolute atomic E-state index is 0.00847. The second kappa shape index (κ2) is 6.23. The van der Waals surface area contributed by atoms with Gasteiger partial charge in [0.15, 0.2) is 5.69 Å². The van der Waals surface area contributed by atoms with Crippen LogP contribution >= 0.6 is 0 Å². The van der Waals surface area contributed by atoms with Crippen molar-refractivity contribution in [1.82, 2.24) is 29.3 Å². The van der Waals surface area contributed by atoms with Crippen LogP contribution in [0.25, 0.3) is 0 Å². The molecule has 3 heterocycles. The number of hydrogen-bond acceptors (Lipinski definition) is 5. The van der Waals surface area contributed by atoms with Gasteiger partial charge in [-0.2, -0.15) is 15.3 Å². The van der Waals surface area contributed by atoms with E-state index >= 15 is 0 Å². The van der Waals surface area contributed by atoms with Crippen molar-refractivity contribution in [2.75, 3.05) is 5.32 Å². The number of nitrogens with zero attached hydrogens (tertiary/aromatic N) is 6. The Kier molecular flexibility index (Phi) is 4.09. The van der Waals surface area contributed by atoms with Crippen LogP contribution in [0.4, 0.5) is 5.69 Å². The number of hydrogen-bond donors (Lipinski definition) is 2. The SMILES string of the molecule is Cc1nn(C)cc1Cn1cc(NC(=O)c2cnn(C)c2C(=O)O)cn1.